The highest BCUT2D eigenvalue weighted by atomic mass is 32.2. The van der Waals surface area contributed by atoms with E-state index in [1.807, 2.05) is 0 Å². The summed E-state index contributed by atoms with van der Waals surface area (Å²) in [5.74, 6) is -0.0183. The van der Waals surface area contributed by atoms with Gasteiger partial charge >= 0.3 is 5.97 Å². The summed E-state index contributed by atoms with van der Waals surface area (Å²) < 4.78 is 20.5. The Labute approximate surface area is 95.8 Å². The maximum absolute atomic E-state index is 11.2. The molecule has 0 spiro atoms. The van der Waals surface area contributed by atoms with Crippen LogP contribution in [0.15, 0.2) is 10.7 Å². The van der Waals surface area contributed by atoms with Gasteiger partial charge in [-0.25, -0.2) is 4.79 Å². The van der Waals surface area contributed by atoms with Crippen molar-refractivity contribution in [2.24, 2.45) is 0 Å². The molecule has 1 rings (SSSR count). The van der Waals surface area contributed by atoms with Crippen LogP contribution in [0.3, 0.4) is 0 Å². The number of hydrogen-bond acceptors (Lipinski definition) is 6. The number of rotatable bonds is 6. The molecule has 1 aromatic heterocycles. The topological polar surface area (TPSA) is 81.4 Å². The Morgan fingerprint density at radius 3 is 3.06 bits per heavy atom. The molecule has 1 N–H and O–H groups in total. The number of carbonyl (C=O) groups excluding carboxylic acids is 1. The molecular formula is C9H14N2O4S. The van der Waals surface area contributed by atoms with Gasteiger partial charge in [0.25, 0.3) is 6.01 Å². The zero-order valence-corrected chi connectivity index (χ0v) is 10.0. The number of oxazole rings is 1. The Morgan fingerprint density at radius 2 is 2.44 bits per heavy atom. The third-order valence-electron chi connectivity index (χ3n) is 1.65. The molecule has 0 aromatic carbocycles. The van der Waals surface area contributed by atoms with E-state index in [0.717, 1.165) is 0 Å². The van der Waals surface area contributed by atoms with Crippen molar-refractivity contribution < 1.29 is 18.2 Å². The van der Waals surface area contributed by atoms with E-state index in [2.05, 4.69) is 10.3 Å². The number of hydrogen-bond donors (Lipinski definition) is 1. The molecule has 0 radical (unpaired) electrons. The molecule has 0 fully saturated rings. The van der Waals surface area contributed by atoms with Gasteiger partial charge in [0, 0.05) is 29.4 Å². The number of carbonyl (C=O) groups is 1. The van der Waals surface area contributed by atoms with Crippen molar-refractivity contribution in [3.05, 3.63) is 12.0 Å². The summed E-state index contributed by atoms with van der Waals surface area (Å²) in [6.07, 6.45) is 2.84. The fourth-order valence-corrected chi connectivity index (χ4v) is 1.34. The molecule has 1 atom stereocenters. The molecule has 0 saturated carbocycles. The van der Waals surface area contributed by atoms with Crippen molar-refractivity contribution >= 4 is 22.8 Å². The third kappa shape index (κ3) is 4.01. The lowest BCUT2D eigenvalue weighted by molar-refractivity contribution is 0.0519. The average molecular weight is 246 g/mol. The SMILES string of the molecule is CCOC(=O)c1coc(NCCS(C)=O)n1. The van der Waals surface area contributed by atoms with Crippen molar-refractivity contribution in [3.8, 4) is 0 Å². The van der Waals surface area contributed by atoms with Gasteiger partial charge in [-0.3, -0.25) is 4.21 Å². The zero-order chi connectivity index (χ0) is 12.0. The van der Waals surface area contributed by atoms with Crippen LogP contribution < -0.4 is 5.32 Å². The van der Waals surface area contributed by atoms with E-state index >= 15 is 0 Å². The molecule has 16 heavy (non-hydrogen) atoms. The minimum atomic E-state index is -0.868. The van der Waals surface area contributed by atoms with Gasteiger partial charge in [0.05, 0.1) is 6.61 Å². The van der Waals surface area contributed by atoms with Crippen molar-refractivity contribution in [2.45, 2.75) is 6.92 Å². The first kappa shape index (κ1) is 12.7. The van der Waals surface area contributed by atoms with E-state index < -0.39 is 16.8 Å². The van der Waals surface area contributed by atoms with Crippen molar-refractivity contribution in [2.75, 3.05) is 30.5 Å². The lowest BCUT2D eigenvalue weighted by Gasteiger charge is -1.98. The van der Waals surface area contributed by atoms with Gasteiger partial charge in [-0.2, -0.15) is 4.98 Å². The Bertz CT molecular complexity index is 377. The van der Waals surface area contributed by atoms with Gasteiger partial charge in [-0.15, -0.1) is 0 Å². The molecule has 1 aromatic rings. The molecule has 1 heterocycles. The molecular weight excluding hydrogens is 232 g/mol. The van der Waals surface area contributed by atoms with E-state index in [4.69, 9.17) is 9.15 Å². The van der Waals surface area contributed by atoms with Crippen LogP contribution in [0.4, 0.5) is 6.01 Å². The first-order chi connectivity index (χ1) is 7.63. The Morgan fingerprint density at radius 1 is 1.69 bits per heavy atom. The second-order valence-corrected chi connectivity index (χ2v) is 4.52. The fraction of sp³-hybridized carbons (Fsp3) is 0.556. The highest BCUT2D eigenvalue weighted by molar-refractivity contribution is 7.84. The summed E-state index contributed by atoms with van der Waals surface area (Å²) in [5, 5.41) is 2.81. The quantitative estimate of drug-likeness (QED) is 0.742. The summed E-state index contributed by atoms with van der Waals surface area (Å²) in [6, 6.07) is 0.230. The molecule has 90 valence electrons. The minimum absolute atomic E-state index is 0.127. The van der Waals surface area contributed by atoms with Crippen LogP contribution >= 0.6 is 0 Å². The van der Waals surface area contributed by atoms with Gasteiger partial charge in [-0.05, 0) is 6.92 Å². The predicted molar refractivity (Wildman–Crippen MR) is 59.9 cm³/mol. The summed E-state index contributed by atoms with van der Waals surface area (Å²) in [6.45, 7) is 2.49. The van der Waals surface area contributed by atoms with Gasteiger partial charge in [0.2, 0.25) is 0 Å². The van der Waals surface area contributed by atoms with E-state index in [9.17, 15) is 9.00 Å². The number of nitrogens with zero attached hydrogens (tertiary/aromatic N) is 1. The number of aromatic nitrogens is 1. The second kappa shape index (κ2) is 6.26. The molecule has 0 saturated heterocycles. The lowest BCUT2D eigenvalue weighted by Crippen LogP contribution is -2.10. The Hall–Kier alpha value is -1.37. The molecule has 0 bridgehead atoms. The van der Waals surface area contributed by atoms with Crippen molar-refractivity contribution in [1.82, 2.24) is 4.98 Å². The monoisotopic (exact) mass is 246 g/mol. The molecule has 6 nitrogen and oxygen atoms in total. The number of ether oxygens (including phenoxy) is 1. The summed E-state index contributed by atoms with van der Waals surface area (Å²) >= 11 is 0. The van der Waals surface area contributed by atoms with Gasteiger partial charge in [0.1, 0.15) is 6.26 Å². The normalized spacial score (nSPS) is 12.1. The standard InChI is InChI=1S/C9H14N2O4S/c1-3-14-8(12)7-6-15-9(11-7)10-4-5-16(2)13/h6H,3-5H2,1-2H3,(H,10,11). The fourth-order valence-electron chi connectivity index (χ4n) is 0.955. The lowest BCUT2D eigenvalue weighted by atomic mass is 10.5. The molecule has 7 heteroatoms. The van der Waals surface area contributed by atoms with Gasteiger partial charge in [-0.1, -0.05) is 0 Å². The molecule has 0 amide bonds. The van der Waals surface area contributed by atoms with Crippen molar-refractivity contribution in [1.29, 1.82) is 0 Å². The van der Waals surface area contributed by atoms with Crippen LogP contribution in [0.2, 0.25) is 0 Å². The van der Waals surface area contributed by atoms with Gasteiger partial charge in [0.15, 0.2) is 5.69 Å². The smallest absolute Gasteiger partial charge is 0.360 e. The molecule has 0 aliphatic heterocycles. The molecule has 1 unspecified atom stereocenters. The average Bonchev–Trinajstić information content (AvgIpc) is 2.66. The maximum atomic E-state index is 11.2. The largest absolute Gasteiger partial charge is 0.461 e. The molecule has 0 aliphatic carbocycles. The van der Waals surface area contributed by atoms with Crippen LogP contribution in [0.1, 0.15) is 17.4 Å². The van der Waals surface area contributed by atoms with E-state index in [-0.39, 0.29) is 11.7 Å². The van der Waals surface area contributed by atoms with E-state index in [1.54, 1.807) is 13.2 Å². The highest BCUT2D eigenvalue weighted by Gasteiger charge is 2.12. The molecule has 0 aliphatic rings. The second-order valence-electron chi connectivity index (χ2n) is 2.96. The summed E-state index contributed by atoms with van der Waals surface area (Å²) in [5.41, 5.74) is 0.127. The predicted octanol–water partition coefficient (Wildman–Crippen LogP) is 0.642. The Balaban J connectivity index is 2.45. The maximum Gasteiger partial charge on any atom is 0.360 e. The van der Waals surface area contributed by atoms with Crippen LogP contribution in [-0.4, -0.2) is 40.3 Å². The first-order valence-corrected chi connectivity index (χ1v) is 6.52. The van der Waals surface area contributed by atoms with E-state index in [0.29, 0.717) is 18.9 Å². The zero-order valence-electron chi connectivity index (χ0n) is 9.19. The number of nitrogens with one attached hydrogen (secondary N) is 1. The first-order valence-electron chi connectivity index (χ1n) is 4.80. The Kier molecular flexibility index (Phi) is 4.97. The third-order valence-corrected chi connectivity index (χ3v) is 2.43. The highest BCUT2D eigenvalue weighted by Crippen LogP contribution is 2.08. The minimum Gasteiger partial charge on any atom is -0.461 e. The van der Waals surface area contributed by atoms with E-state index in [1.165, 1.54) is 6.26 Å². The number of anilines is 1. The summed E-state index contributed by atoms with van der Waals surface area (Å²) in [7, 11) is -0.868. The van der Waals surface area contributed by atoms with Gasteiger partial charge < -0.3 is 14.5 Å². The van der Waals surface area contributed by atoms with Crippen LogP contribution in [-0.2, 0) is 15.5 Å². The van der Waals surface area contributed by atoms with Crippen LogP contribution in [0.5, 0.6) is 0 Å². The summed E-state index contributed by atoms with van der Waals surface area (Å²) in [4.78, 5) is 15.1. The van der Waals surface area contributed by atoms with Crippen LogP contribution in [0.25, 0.3) is 0 Å². The number of esters is 1. The van der Waals surface area contributed by atoms with Crippen molar-refractivity contribution in [3.63, 3.8) is 0 Å². The van der Waals surface area contributed by atoms with Crippen LogP contribution in [0, 0.1) is 0 Å².